The van der Waals surface area contributed by atoms with Crippen molar-refractivity contribution in [1.82, 2.24) is 14.6 Å². The fourth-order valence-electron chi connectivity index (χ4n) is 1.33. The number of rotatable bonds is 1. The van der Waals surface area contributed by atoms with Crippen LogP contribution in [-0.4, -0.2) is 26.3 Å². The van der Waals surface area contributed by atoms with Gasteiger partial charge in [0.1, 0.15) is 10.2 Å². The molecule has 2 heterocycles. The van der Waals surface area contributed by atoms with E-state index in [1.54, 1.807) is 43.6 Å². The highest BCUT2D eigenvalue weighted by Crippen LogP contribution is 2.13. The maximum Gasteiger partial charge on any atom is 0.413 e. The minimum absolute atomic E-state index is 0.398. The summed E-state index contributed by atoms with van der Waals surface area (Å²) in [5.74, 6) is 0.398. The van der Waals surface area contributed by atoms with Crippen LogP contribution in [0.4, 0.5) is 10.6 Å². The van der Waals surface area contributed by atoms with Crippen LogP contribution in [0, 0.1) is 0 Å². The SMILES string of the molecule is CC(C)(C)OC(=O)Nc1cn2nc(Br)ccc2n1. The number of carbonyl (C=O) groups is 1. The van der Waals surface area contributed by atoms with Crippen LogP contribution in [0.3, 0.4) is 0 Å². The van der Waals surface area contributed by atoms with Crippen LogP contribution in [0.25, 0.3) is 5.65 Å². The molecule has 0 aliphatic rings. The smallest absolute Gasteiger partial charge is 0.413 e. The van der Waals surface area contributed by atoms with Crippen molar-refractivity contribution in [2.75, 3.05) is 5.32 Å². The van der Waals surface area contributed by atoms with Gasteiger partial charge in [0.05, 0.1) is 6.20 Å². The van der Waals surface area contributed by atoms with Crippen LogP contribution in [0.2, 0.25) is 0 Å². The predicted molar refractivity (Wildman–Crippen MR) is 70.5 cm³/mol. The zero-order valence-electron chi connectivity index (χ0n) is 10.3. The molecule has 0 fully saturated rings. The van der Waals surface area contributed by atoms with Gasteiger partial charge in [-0.3, -0.25) is 5.32 Å². The number of nitrogens with zero attached hydrogens (tertiary/aromatic N) is 3. The minimum atomic E-state index is -0.537. The van der Waals surface area contributed by atoms with Crippen molar-refractivity contribution in [2.45, 2.75) is 26.4 Å². The third-order valence-electron chi connectivity index (χ3n) is 1.92. The number of imidazole rings is 1. The monoisotopic (exact) mass is 312 g/mol. The second kappa shape index (κ2) is 4.56. The number of halogens is 1. The van der Waals surface area contributed by atoms with Gasteiger partial charge in [-0.15, -0.1) is 0 Å². The summed E-state index contributed by atoms with van der Waals surface area (Å²) in [6.45, 7) is 5.40. The van der Waals surface area contributed by atoms with E-state index in [9.17, 15) is 4.79 Å². The molecule has 2 aromatic rings. The zero-order valence-corrected chi connectivity index (χ0v) is 11.9. The zero-order chi connectivity index (χ0) is 13.3. The van der Waals surface area contributed by atoms with Crippen LogP contribution < -0.4 is 5.32 Å². The Labute approximate surface area is 112 Å². The lowest BCUT2D eigenvalue weighted by molar-refractivity contribution is 0.0635. The average Bonchev–Trinajstić information content (AvgIpc) is 2.55. The Morgan fingerprint density at radius 2 is 2.17 bits per heavy atom. The first-order valence-electron chi connectivity index (χ1n) is 5.35. The molecule has 0 aromatic carbocycles. The topological polar surface area (TPSA) is 68.5 Å². The quantitative estimate of drug-likeness (QED) is 0.879. The van der Waals surface area contributed by atoms with Gasteiger partial charge in [-0.2, -0.15) is 5.10 Å². The van der Waals surface area contributed by atoms with Crippen molar-refractivity contribution < 1.29 is 9.53 Å². The molecule has 1 amide bonds. The Bertz CT molecular complexity index is 588. The van der Waals surface area contributed by atoms with Gasteiger partial charge in [-0.1, -0.05) is 0 Å². The first kappa shape index (κ1) is 12.8. The van der Waals surface area contributed by atoms with E-state index < -0.39 is 11.7 Å². The van der Waals surface area contributed by atoms with Gasteiger partial charge < -0.3 is 4.74 Å². The average molecular weight is 313 g/mol. The number of anilines is 1. The van der Waals surface area contributed by atoms with Crippen molar-refractivity contribution in [2.24, 2.45) is 0 Å². The van der Waals surface area contributed by atoms with E-state index in [2.05, 4.69) is 31.3 Å². The van der Waals surface area contributed by atoms with E-state index >= 15 is 0 Å². The summed E-state index contributed by atoms with van der Waals surface area (Å²) in [6.07, 6.45) is 1.08. The Morgan fingerprint density at radius 1 is 1.44 bits per heavy atom. The number of fused-ring (bicyclic) bond motifs is 1. The second-order valence-electron chi connectivity index (χ2n) is 4.71. The number of carbonyl (C=O) groups excluding carboxylic acids is 1. The molecule has 0 atom stereocenters. The summed E-state index contributed by atoms with van der Waals surface area (Å²) >= 11 is 3.26. The lowest BCUT2D eigenvalue weighted by Gasteiger charge is -2.18. The molecule has 0 radical (unpaired) electrons. The fourth-order valence-corrected chi connectivity index (χ4v) is 1.63. The normalized spacial score (nSPS) is 11.6. The van der Waals surface area contributed by atoms with Crippen LogP contribution >= 0.6 is 15.9 Å². The van der Waals surface area contributed by atoms with Gasteiger partial charge in [0, 0.05) is 0 Å². The van der Waals surface area contributed by atoms with Crippen molar-refractivity contribution >= 4 is 33.5 Å². The molecule has 96 valence electrons. The summed E-state index contributed by atoms with van der Waals surface area (Å²) in [4.78, 5) is 15.8. The Balaban J connectivity index is 2.15. The first-order valence-corrected chi connectivity index (χ1v) is 6.15. The van der Waals surface area contributed by atoms with E-state index in [1.165, 1.54) is 0 Å². The summed E-state index contributed by atoms with van der Waals surface area (Å²) < 4.78 is 7.39. The summed E-state index contributed by atoms with van der Waals surface area (Å²) in [6, 6.07) is 3.57. The molecule has 0 saturated heterocycles. The van der Waals surface area contributed by atoms with Crippen molar-refractivity contribution in [3.05, 3.63) is 22.9 Å². The molecule has 6 nitrogen and oxygen atoms in total. The molecular formula is C11H13BrN4O2. The van der Waals surface area contributed by atoms with Gasteiger partial charge in [-0.25, -0.2) is 14.3 Å². The highest BCUT2D eigenvalue weighted by Gasteiger charge is 2.17. The molecule has 2 aromatic heterocycles. The number of amides is 1. The van der Waals surface area contributed by atoms with E-state index in [1.807, 2.05) is 0 Å². The molecule has 0 unspecified atom stereocenters. The summed E-state index contributed by atoms with van der Waals surface area (Å²) in [5, 5.41) is 6.72. The lowest BCUT2D eigenvalue weighted by Crippen LogP contribution is -2.27. The van der Waals surface area contributed by atoms with Crippen LogP contribution in [-0.2, 0) is 4.74 Å². The van der Waals surface area contributed by atoms with E-state index in [0.29, 0.717) is 16.1 Å². The molecule has 0 bridgehead atoms. The fraction of sp³-hybridized carbons (Fsp3) is 0.364. The number of hydrogen-bond acceptors (Lipinski definition) is 4. The number of ether oxygens (including phenoxy) is 1. The first-order chi connectivity index (χ1) is 8.33. The molecule has 0 aliphatic heterocycles. The van der Waals surface area contributed by atoms with Gasteiger partial charge in [0.15, 0.2) is 11.5 Å². The number of aromatic nitrogens is 3. The highest BCUT2D eigenvalue weighted by atomic mass is 79.9. The molecule has 0 aliphatic carbocycles. The minimum Gasteiger partial charge on any atom is -0.444 e. The van der Waals surface area contributed by atoms with Crippen molar-refractivity contribution in [3.8, 4) is 0 Å². The van der Waals surface area contributed by atoms with Crippen LogP contribution in [0.15, 0.2) is 22.9 Å². The predicted octanol–water partition coefficient (Wildman–Crippen LogP) is 2.84. The maximum absolute atomic E-state index is 11.6. The maximum atomic E-state index is 11.6. The molecular weight excluding hydrogens is 300 g/mol. The van der Waals surface area contributed by atoms with E-state index in [4.69, 9.17) is 4.74 Å². The summed E-state index contributed by atoms with van der Waals surface area (Å²) in [5.41, 5.74) is 0.106. The molecule has 0 saturated carbocycles. The third-order valence-corrected chi connectivity index (χ3v) is 2.34. The Kier molecular flexibility index (Phi) is 3.25. The van der Waals surface area contributed by atoms with E-state index in [-0.39, 0.29) is 0 Å². The standard InChI is InChI=1S/C11H13BrN4O2/c1-11(2,3)18-10(17)14-8-6-16-9(13-8)5-4-7(12)15-16/h4-6H,1-3H3,(H,14,17). The van der Waals surface area contributed by atoms with Crippen LogP contribution in [0.5, 0.6) is 0 Å². The molecule has 0 spiro atoms. The van der Waals surface area contributed by atoms with Crippen molar-refractivity contribution in [1.29, 1.82) is 0 Å². The highest BCUT2D eigenvalue weighted by molar-refractivity contribution is 9.10. The van der Waals surface area contributed by atoms with Crippen molar-refractivity contribution in [3.63, 3.8) is 0 Å². The van der Waals surface area contributed by atoms with Crippen LogP contribution in [0.1, 0.15) is 20.8 Å². The third kappa shape index (κ3) is 3.19. The summed E-state index contributed by atoms with van der Waals surface area (Å²) in [7, 11) is 0. The Hall–Kier alpha value is -1.63. The van der Waals surface area contributed by atoms with Gasteiger partial charge >= 0.3 is 6.09 Å². The Morgan fingerprint density at radius 3 is 2.83 bits per heavy atom. The van der Waals surface area contributed by atoms with Gasteiger partial charge in [-0.05, 0) is 48.8 Å². The molecule has 1 N–H and O–H groups in total. The lowest BCUT2D eigenvalue weighted by atomic mass is 10.2. The molecule has 2 rings (SSSR count). The second-order valence-corrected chi connectivity index (χ2v) is 5.52. The largest absolute Gasteiger partial charge is 0.444 e. The number of hydrogen-bond donors (Lipinski definition) is 1. The van der Waals surface area contributed by atoms with Gasteiger partial charge in [0.2, 0.25) is 0 Å². The molecule has 18 heavy (non-hydrogen) atoms. The molecule has 7 heteroatoms. The van der Waals surface area contributed by atoms with Gasteiger partial charge in [0.25, 0.3) is 0 Å². The number of nitrogens with one attached hydrogen (secondary N) is 1. The van der Waals surface area contributed by atoms with E-state index in [0.717, 1.165) is 0 Å².